The third-order valence-electron chi connectivity index (χ3n) is 4.14. The number of halogens is 3. The monoisotopic (exact) mass is 272 g/mol. The number of nitrogens with zero attached hydrogens (tertiary/aromatic N) is 2. The average molecular weight is 272 g/mol. The van der Waals surface area contributed by atoms with E-state index in [4.69, 9.17) is 0 Å². The lowest BCUT2D eigenvalue weighted by atomic mass is 10.1. The summed E-state index contributed by atoms with van der Waals surface area (Å²) in [7, 11) is 0. The minimum Gasteiger partial charge on any atom is -0.300 e. The molecule has 2 aliphatic carbocycles. The minimum absolute atomic E-state index is 0.0868. The van der Waals surface area contributed by atoms with E-state index in [1.54, 1.807) is 0 Å². The number of rotatable bonds is 2. The summed E-state index contributed by atoms with van der Waals surface area (Å²) >= 11 is 0. The molecule has 2 saturated carbocycles. The van der Waals surface area contributed by atoms with Crippen molar-refractivity contribution in [1.82, 2.24) is 9.78 Å². The van der Waals surface area contributed by atoms with E-state index in [9.17, 15) is 18.0 Å². The van der Waals surface area contributed by atoms with Crippen molar-refractivity contribution < 1.29 is 18.0 Å². The molecule has 0 aromatic carbocycles. The maximum Gasteiger partial charge on any atom is 0.435 e. The molecule has 1 heterocycles. The molecule has 0 saturated heterocycles. The van der Waals surface area contributed by atoms with Gasteiger partial charge in [0.1, 0.15) is 5.78 Å². The molecule has 3 nitrogen and oxygen atoms in total. The van der Waals surface area contributed by atoms with Gasteiger partial charge in [-0.2, -0.15) is 18.3 Å². The van der Waals surface area contributed by atoms with Crippen LogP contribution in [0.2, 0.25) is 0 Å². The van der Waals surface area contributed by atoms with Gasteiger partial charge in [-0.3, -0.25) is 9.48 Å². The minimum atomic E-state index is -4.41. The van der Waals surface area contributed by atoms with Crippen molar-refractivity contribution in [1.29, 1.82) is 0 Å². The highest BCUT2D eigenvalue weighted by atomic mass is 19.4. The van der Waals surface area contributed by atoms with Gasteiger partial charge in [0.2, 0.25) is 0 Å². The topological polar surface area (TPSA) is 34.9 Å². The van der Waals surface area contributed by atoms with Crippen molar-refractivity contribution in [3.63, 3.8) is 0 Å². The SMILES string of the molecule is CC(C)n1nc(C(F)(F)F)cc1C1[C@H]2CC(=O)C[C@@H]12. The van der Waals surface area contributed by atoms with Crippen molar-refractivity contribution in [3.05, 3.63) is 17.5 Å². The quantitative estimate of drug-likeness (QED) is 0.828. The van der Waals surface area contributed by atoms with Crippen molar-refractivity contribution in [2.45, 2.75) is 44.8 Å². The summed E-state index contributed by atoms with van der Waals surface area (Å²) in [5.74, 6) is 0.798. The molecule has 19 heavy (non-hydrogen) atoms. The van der Waals surface area contributed by atoms with Crippen LogP contribution in [0.15, 0.2) is 6.07 Å². The molecule has 1 aromatic rings. The second kappa shape index (κ2) is 3.84. The number of alkyl halides is 3. The lowest BCUT2D eigenvalue weighted by Gasteiger charge is -2.11. The van der Waals surface area contributed by atoms with Crippen LogP contribution in [-0.2, 0) is 11.0 Å². The van der Waals surface area contributed by atoms with Crippen molar-refractivity contribution in [3.8, 4) is 0 Å². The molecule has 0 bridgehead atoms. The fourth-order valence-electron chi connectivity index (χ4n) is 3.26. The first-order chi connectivity index (χ1) is 8.79. The van der Waals surface area contributed by atoms with Gasteiger partial charge in [0.25, 0.3) is 0 Å². The summed E-state index contributed by atoms with van der Waals surface area (Å²) < 4.78 is 39.7. The number of fused-ring (bicyclic) bond motifs is 1. The summed E-state index contributed by atoms with van der Waals surface area (Å²) in [6.07, 6.45) is -3.38. The third kappa shape index (κ3) is 1.97. The molecule has 2 fully saturated rings. The molecule has 0 radical (unpaired) electrons. The number of Topliss-reactive ketones (excluding diaryl/α,β-unsaturated/α-hetero) is 1. The van der Waals surface area contributed by atoms with Gasteiger partial charge in [-0.05, 0) is 31.7 Å². The Morgan fingerprint density at radius 2 is 1.89 bits per heavy atom. The first kappa shape index (κ1) is 12.7. The van der Waals surface area contributed by atoms with E-state index in [1.165, 1.54) is 4.68 Å². The van der Waals surface area contributed by atoms with Gasteiger partial charge in [-0.1, -0.05) is 0 Å². The Balaban J connectivity index is 1.93. The van der Waals surface area contributed by atoms with Crippen LogP contribution in [-0.4, -0.2) is 15.6 Å². The van der Waals surface area contributed by atoms with Crippen LogP contribution in [0.5, 0.6) is 0 Å². The van der Waals surface area contributed by atoms with Crippen LogP contribution in [0, 0.1) is 11.8 Å². The zero-order chi connectivity index (χ0) is 13.9. The number of hydrogen-bond donors (Lipinski definition) is 0. The van der Waals surface area contributed by atoms with Gasteiger partial charge in [0.15, 0.2) is 5.69 Å². The maximum absolute atomic E-state index is 12.8. The summed E-state index contributed by atoms with van der Waals surface area (Å²) in [5.41, 5.74) is -0.183. The molecule has 6 heteroatoms. The molecular weight excluding hydrogens is 257 g/mol. The van der Waals surface area contributed by atoms with E-state index in [0.717, 1.165) is 6.07 Å². The molecule has 3 atom stereocenters. The molecule has 0 N–H and O–H groups in total. The van der Waals surface area contributed by atoms with Crippen LogP contribution in [0.25, 0.3) is 0 Å². The Labute approximate surface area is 108 Å². The highest BCUT2D eigenvalue weighted by Gasteiger charge is 2.58. The molecule has 0 amide bonds. The molecule has 0 aliphatic heterocycles. The summed E-state index contributed by atoms with van der Waals surface area (Å²) in [6, 6.07) is 1.05. The summed E-state index contributed by atoms with van der Waals surface area (Å²) in [5, 5.41) is 3.70. The van der Waals surface area contributed by atoms with Gasteiger partial charge < -0.3 is 0 Å². The van der Waals surface area contributed by atoms with Gasteiger partial charge in [-0.15, -0.1) is 0 Å². The van der Waals surface area contributed by atoms with Crippen molar-refractivity contribution >= 4 is 5.78 Å². The van der Waals surface area contributed by atoms with Crippen LogP contribution < -0.4 is 0 Å². The fourth-order valence-corrected chi connectivity index (χ4v) is 3.26. The van der Waals surface area contributed by atoms with Gasteiger partial charge in [0, 0.05) is 30.5 Å². The van der Waals surface area contributed by atoms with Crippen molar-refractivity contribution in [2.24, 2.45) is 11.8 Å². The van der Waals surface area contributed by atoms with Crippen LogP contribution in [0.1, 0.15) is 50.0 Å². The smallest absolute Gasteiger partial charge is 0.300 e. The highest BCUT2D eigenvalue weighted by Crippen LogP contribution is 2.62. The van der Waals surface area contributed by atoms with Gasteiger partial charge in [0.05, 0.1) is 0 Å². The standard InChI is InChI=1S/C13H15F3N2O/c1-6(2)18-10(5-11(17-18)13(14,15)16)12-8-3-7(19)4-9(8)12/h5-6,8-9,12H,3-4H2,1-2H3/t8-,9+,12?. The number of carbonyl (C=O) groups excluding carboxylic acids is 1. The Kier molecular flexibility index (Phi) is 2.56. The van der Waals surface area contributed by atoms with E-state index in [0.29, 0.717) is 18.5 Å². The molecule has 2 aliphatic rings. The molecular formula is C13H15F3N2O. The Morgan fingerprint density at radius 3 is 2.37 bits per heavy atom. The van der Waals surface area contributed by atoms with Gasteiger partial charge >= 0.3 is 6.18 Å². The second-order valence-electron chi connectivity index (χ2n) is 5.79. The van der Waals surface area contributed by atoms with E-state index < -0.39 is 11.9 Å². The van der Waals surface area contributed by atoms with E-state index in [-0.39, 0.29) is 29.6 Å². The van der Waals surface area contributed by atoms with E-state index in [2.05, 4.69) is 5.10 Å². The van der Waals surface area contributed by atoms with Crippen molar-refractivity contribution in [2.75, 3.05) is 0 Å². The molecule has 3 rings (SSSR count). The maximum atomic E-state index is 12.8. The van der Waals surface area contributed by atoms with E-state index >= 15 is 0 Å². The van der Waals surface area contributed by atoms with Crippen LogP contribution in [0.3, 0.4) is 0 Å². The van der Waals surface area contributed by atoms with Crippen LogP contribution in [0.4, 0.5) is 13.2 Å². The van der Waals surface area contributed by atoms with Gasteiger partial charge in [-0.25, -0.2) is 0 Å². The Morgan fingerprint density at radius 1 is 1.32 bits per heavy atom. The number of aromatic nitrogens is 2. The lowest BCUT2D eigenvalue weighted by molar-refractivity contribution is -0.141. The predicted molar refractivity (Wildman–Crippen MR) is 61.6 cm³/mol. The molecule has 1 aromatic heterocycles. The lowest BCUT2D eigenvalue weighted by Crippen LogP contribution is -2.11. The largest absolute Gasteiger partial charge is 0.435 e. The first-order valence-corrected chi connectivity index (χ1v) is 6.47. The zero-order valence-electron chi connectivity index (χ0n) is 10.7. The number of ketones is 1. The Hall–Kier alpha value is -1.33. The highest BCUT2D eigenvalue weighted by molar-refractivity contribution is 5.83. The fraction of sp³-hybridized carbons (Fsp3) is 0.692. The number of carbonyl (C=O) groups is 1. The average Bonchev–Trinajstić information content (AvgIpc) is 2.69. The van der Waals surface area contributed by atoms with Crippen LogP contribution >= 0.6 is 0 Å². The summed E-state index contributed by atoms with van der Waals surface area (Å²) in [4.78, 5) is 11.2. The zero-order valence-corrected chi connectivity index (χ0v) is 10.7. The summed E-state index contributed by atoms with van der Waals surface area (Å²) in [6.45, 7) is 3.64. The predicted octanol–water partition coefficient (Wildman–Crippen LogP) is 3.18. The number of hydrogen-bond acceptors (Lipinski definition) is 2. The molecule has 1 unspecified atom stereocenters. The molecule has 0 spiro atoms. The first-order valence-electron chi connectivity index (χ1n) is 6.47. The third-order valence-corrected chi connectivity index (χ3v) is 4.14. The van der Waals surface area contributed by atoms with E-state index in [1.807, 2.05) is 13.8 Å². The molecule has 104 valence electrons. The Bertz CT molecular complexity index is 518. The normalized spacial score (nSPS) is 30.0. The second-order valence-corrected chi connectivity index (χ2v) is 5.79.